The van der Waals surface area contributed by atoms with Crippen LogP contribution in [0.4, 0.5) is 10.3 Å². The summed E-state index contributed by atoms with van der Waals surface area (Å²) < 4.78 is 17.9. The van der Waals surface area contributed by atoms with Gasteiger partial charge in [-0.15, -0.1) is 0 Å². The second-order valence-corrected chi connectivity index (χ2v) is 3.13. The van der Waals surface area contributed by atoms with Gasteiger partial charge in [0, 0.05) is 6.07 Å². The molecule has 6 nitrogen and oxygen atoms in total. The van der Waals surface area contributed by atoms with Crippen molar-refractivity contribution >= 4 is 11.9 Å². The Balaban J connectivity index is 1.84. The highest BCUT2D eigenvalue weighted by Gasteiger charge is 2.05. The van der Waals surface area contributed by atoms with Crippen molar-refractivity contribution in [3.05, 3.63) is 36.4 Å². The Labute approximate surface area is 95.8 Å². The third-order valence-electron chi connectivity index (χ3n) is 1.84. The van der Waals surface area contributed by atoms with Crippen molar-refractivity contribution in [1.29, 1.82) is 0 Å². The molecule has 2 rings (SSSR count). The molecule has 0 fully saturated rings. The summed E-state index contributed by atoms with van der Waals surface area (Å²) in [4.78, 5) is 15.1. The number of hydrogen-bond donors (Lipinski definition) is 2. The Morgan fingerprint density at radius 2 is 2.41 bits per heavy atom. The molecule has 2 aromatic rings. The van der Waals surface area contributed by atoms with E-state index in [1.54, 1.807) is 6.07 Å². The first kappa shape index (κ1) is 11.1. The van der Waals surface area contributed by atoms with Gasteiger partial charge in [0.15, 0.2) is 6.61 Å². The van der Waals surface area contributed by atoms with Gasteiger partial charge in [0.25, 0.3) is 5.91 Å². The van der Waals surface area contributed by atoms with Gasteiger partial charge in [0.2, 0.25) is 5.95 Å². The highest BCUT2D eigenvalue weighted by atomic mass is 19.1. The van der Waals surface area contributed by atoms with Gasteiger partial charge in [-0.3, -0.25) is 10.1 Å². The average molecular weight is 236 g/mol. The summed E-state index contributed by atoms with van der Waals surface area (Å²) >= 11 is 0. The third kappa shape index (κ3) is 3.26. The molecule has 0 saturated carbocycles. The van der Waals surface area contributed by atoms with Crippen LogP contribution in [0.2, 0.25) is 0 Å². The van der Waals surface area contributed by atoms with Crippen molar-refractivity contribution in [2.24, 2.45) is 0 Å². The van der Waals surface area contributed by atoms with E-state index < -0.39 is 11.7 Å². The molecule has 7 heteroatoms. The fraction of sp³-hybridized carbons (Fsp3) is 0.100. The minimum absolute atomic E-state index is 0.232. The van der Waals surface area contributed by atoms with Crippen LogP contribution in [0.3, 0.4) is 0 Å². The lowest BCUT2D eigenvalue weighted by molar-refractivity contribution is -0.118. The molecule has 0 bridgehead atoms. The first-order valence-electron chi connectivity index (χ1n) is 4.77. The summed E-state index contributed by atoms with van der Waals surface area (Å²) in [6, 6.07) is 5.55. The van der Waals surface area contributed by atoms with E-state index in [2.05, 4.69) is 20.5 Å². The predicted octanol–water partition coefficient (Wildman–Crippen LogP) is 0.961. The minimum atomic E-state index is -0.418. The molecule has 0 unspecified atom stereocenters. The van der Waals surface area contributed by atoms with Crippen molar-refractivity contribution in [2.75, 3.05) is 11.9 Å². The molecule has 1 aromatic carbocycles. The van der Waals surface area contributed by atoms with Gasteiger partial charge in [-0.2, -0.15) is 10.1 Å². The quantitative estimate of drug-likeness (QED) is 0.828. The molecule has 0 aliphatic carbocycles. The highest BCUT2D eigenvalue weighted by Crippen LogP contribution is 2.11. The number of aromatic amines is 1. The number of amides is 1. The summed E-state index contributed by atoms with van der Waals surface area (Å²) in [5.74, 6) is -0.306. The number of nitrogens with zero attached hydrogens (tertiary/aromatic N) is 2. The molecular formula is C10H9FN4O2. The fourth-order valence-electron chi connectivity index (χ4n) is 1.14. The van der Waals surface area contributed by atoms with Crippen molar-refractivity contribution in [1.82, 2.24) is 15.2 Å². The molecule has 1 amide bonds. The van der Waals surface area contributed by atoms with Crippen LogP contribution >= 0.6 is 0 Å². The van der Waals surface area contributed by atoms with Gasteiger partial charge in [0.1, 0.15) is 17.9 Å². The molecule has 1 heterocycles. The van der Waals surface area contributed by atoms with E-state index >= 15 is 0 Å². The molecule has 0 spiro atoms. The maximum Gasteiger partial charge on any atom is 0.264 e. The monoisotopic (exact) mass is 236 g/mol. The van der Waals surface area contributed by atoms with E-state index in [0.29, 0.717) is 0 Å². The first-order chi connectivity index (χ1) is 8.24. The van der Waals surface area contributed by atoms with Crippen molar-refractivity contribution in [2.45, 2.75) is 0 Å². The van der Waals surface area contributed by atoms with Crippen molar-refractivity contribution in [3.63, 3.8) is 0 Å². The Bertz CT molecular complexity index is 501. The maximum atomic E-state index is 12.8. The Kier molecular flexibility index (Phi) is 3.29. The second kappa shape index (κ2) is 5.06. The van der Waals surface area contributed by atoms with Crippen LogP contribution in [0, 0.1) is 5.82 Å². The number of carbonyl (C=O) groups is 1. The summed E-state index contributed by atoms with van der Waals surface area (Å²) in [6.45, 7) is -0.232. The van der Waals surface area contributed by atoms with E-state index in [0.717, 1.165) is 0 Å². The summed E-state index contributed by atoms with van der Waals surface area (Å²) in [7, 11) is 0. The van der Waals surface area contributed by atoms with Gasteiger partial charge in [-0.25, -0.2) is 9.49 Å². The molecule has 0 radical (unpaired) electrons. The highest BCUT2D eigenvalue weighted by molar-refractivity contribution is 5.90. The van der Waals surface area contributed by atoms with E-state index in [1.165, 1.54) is 24.5 Å². The molecule has 0 atom stereocenters. The number of halogens is 1. The lowest BCUT2D eigenvalue weighted by Gasteiger charge is -2.05. The SMILES string of the molecule is O=C(COc1cccc(F)c1)Nc1ncn[nH]1. The lowest BCUT2D eigenvalue weighted by Crippen LogP contribution is -2.20. The summed E-state index contributed by atoms with van der Waals surface area (Å²) in [5.41, 5.74) is 0. The smallest absolute Gasteiger partial charge is 0.264 e. The molecule has 0 aliphatic heterocycles. The van der Waals surface area contributed by atoms with Crippen LogP contribution < -0.4 is 10.1 Å². The van der Waals surface area contributed by atoms with Crippen molar-refractivity contribution in [3.8, 4) is 5.75 Å². The summed E-state index contributed by atoms with van der Waals surface area (Å²) in [5, 5.41) is 8.45. The van der Waals surface area contributed by atoms with Crippen LogP contribution in [0.15, 0.2) is 30.6 Å². The normalized spacial score (nSPS) is 9.94. The Hall–Kier alpha value is -2.44. The fourth-order valence-corrected chi connectivity index (χ4v) is 1.14. The summed E-state index contributed by atoms with van der Waals surface area (Å²) in [6.07, 6.45) is 1.27. The number of hydrogen-bond acceptors (Lipinski definition) is 4. The molecule has 17 heavy (non-hydrogen) atoms. The zero-order chi connectivity index (χ0) is 12.1. The number of H-pyrrole nitrogens is 1. The van der Waals surface area contributed by atoms with Crippen LogP contribution in [-0.2, 0) is 4.79 Å². The van der Waals surface area contributed by atoms with Crippen LogP contribution in [-0.4, -0.2) is 27.7 Å². The second-order valence-electron chi connectivity index (χ2n) is 3.13. The number of ether oxygens (including phenoxy) is 1. The van der Waals surface area contributed by atoms with Crippen LogP contribution in [0.25, 0.3) is 0 Å². The molecule has 0 saturated heterocycles. The zero-order valence-corrected chi connectivity index (χ0v) is 8.68. The number of benzene rings is 1. The van der Waals surface area contributed by atoms with Gasteiger partial charge in [-0.1, -0.05) is 6.07 Å². The lowest BCUT2D eigenvalue weighted by atomic mass is 10.3. The number of aromatic nitrogens is 3. The van der Waals surface area contributed by atoms with Gasteiger partial charge < -0.3 is 4.74 Å². The number of anilines is 1. The van der Waals surface area contributed by atoms with E-state index in [1.807, 2.05) is 0 Å². The number of nitrogens with one attached hydrogen (secondary N) is 2. The first-order valence-corrected chi connectivity index (χ1v) is 4.77. The van der Waals surface area contributed by atoms with Crippen LogP contribution in [0.1, 0.15) is 0 Å². The van der Waals surface area contributed by atoms with E-state index in [9.17, 15) is 9.18 Å². The number of rotatable bonds is 4. The largest absolute Gasteiger partial charge is 0.484 e. The van der Waals surface area contributed by atoms with Gasteiger partial charge in [-0.05, 0) is 12.1 Å². The van der Waals surface area contributed by atoms with E-state index in [4.69, 9.17) is 4.74 Å². The van der Waals surface area contributed by atoms with Gasteiger partial charge >= 0.3 is 0 Å². The molecule has 88 valence electrons. The molecule has 2 N–H and O–H groups in total. The zero-order valence-electron chi connectivity index (χ0n) is 8.68. The molecule has 1 aromatic heterocycles. The Morgan fingerprint density at radius 1 is 1.53 bits per heavy atom. The van der Waals surface area contributed by atoms with Crippen LogP contribution in [0.5, 0.6) is 5.75 Å². The van der Waals surface area contributed by atoms with Crippen molar-refractivity contribution < 1.29 is 13.9 Å². The predicted molar refractivity (Wildman–Crippen MR) is 56.9 cm³/mol. The topological polar surface area (TPSA) is 79.9 Å². The number of carbonyl (C=O) groups excluding carboxylic acids is 1. The van der Waals surface area contributed by atoms with Gasteiger partial charge in [0.05, 0.1) is 0 Å². The third-order valence-corrected chi connectivity index (χ3v) is 1.84. The average Bonchev–Trinajstić information content (AvgIpc) is 2.79. The maximum absolute atomic E-state index is 12.8. The minimum Gasteiger partial charge on any atom is -0.484 e. The molecular weight excluding hydrogens is 227 g/mol. The van der Waals surface area contributed by atoms with E-state index in [-0.39, 0.29) is 18.3 Å². The Morgan fingerprint density at radius 3 is 3.12 bits per heavy atom. The molecule has 0 aliphatic rings. The standard InChI is InChI=1S/C10H9FN4O2/c11-7-2-1-3-8(4-7)17-5-9(16)14-10-12-6-13-15-10/h1-4,6H,5H2,(H2,12,13,14,15,16).